The lowest BCUT2D eigenvalue weighted by Gasteiger charge is -2.21. The fraction of sp³-hybridized carbons (Fsp3) is 0.529. The minimum absolute atomic E-state index is 0. The zero-order valence-electron chi connectivity index (χ0n) is 14.6. The molecule has 0 radical (unpaired) electrons. The highest BCUT2D eigenvalue weighted by molar-refractivity contribution is 14.0. The number of ether oxygens (including phenoxy) is 1. The minimum atomic E-state index is -0.212. The number of carbonyl (C=O) groups is 1. The number of carbonyl (C=O) groups excluding carboxylic acids is 1. The predicted octanol–water partition coefficient (Wildman–Crippen LogP) is 3.07. The molecule has 2 unspecified atom stereocenters. The molecule has 1 aromatic carbocycles. The van der Waals surface area contributed by atoms with E-state index in [0.717, 1.165) is 17.0 Å². The van der Waals surface area contributed by atoms with Crippen LogP contribution < -0.4 is 5.32 Å². The number of hydrogen-bond acceptors (Lipinski definition) is 3. The molecule has 0 saturated carbocycles. The molecule has 0 bridgehead atoms. The highest BCUT2D eigenvalue weighted by Gasteiger charge is 2.36. The van der Waals surface area contributed by atoms with Gasteiger partial charge in [0.1, 0.15) is 5.82 Å². The number of nitrogens with one attached hydrogen (secondary N) is 1. The van der Waals surface area contributed by atoms with Gasteiger partial charge >= 0.3 is 5.97 Å². The van der Waals surface area contributed by atoms with Crippen LogP contribution in [0.2, 0.25) is 0 Å². The normalized spacial score (nSPS) is 20.2. The summed E-state index contributed by atoms with van der Waals surface area (Å²) >= 11 is 3.36. The molecule has 0 aromatic heterocycles. The number of rotatable bonds is 4. The van der Waals surface area contributed by atoms with Crippen molar-refractivity contribution >= 4 is 51.8 Å². The van der Waals surface area contributed by atoms with Crippen molar-refractivity contribution in [2.24, 2.45) is 16.8 Å². The molecule has 5 nitrogen and oxygen atoms in total. The van der Waals surface area contributed by atoms with Crippen LogP contribution in [0.4, 0.5) is 4.39 Å². The van der Waals surface area contributed by atoms with E-state index in [0.29, 0.717) is 25.1 Å². The van der Waals surface area contributed by atoms with Gasteiger partial charge in [-0.05, 0) is 36.1 Å². The van der Waals surface area contributed by atoms with Gasteiger partial charge in [-0.25, -0.2) is 4.39 Å². The Bertz CT molecular complexity index is 630. The van der Waals surface area contributed by atoms with E-state index in [4.69, 9.17) is 4.74 Å². The van der Waals surface area contributed by atoms with Crippen molar-refractivity contribution in [3.05, 3.63) is 34.1 Å². The van der Waals surface area contributed by atoms with E-state index in [9.17, 15) is 9.18 Å². The number of nitrogens with zero attached hydrogens (tertiary/aromatic N) is 2. The Balaban J connectivity index is 0.00000312. The highest BCUT2D eigenvalue weighted by Crippen LogP contribution is 2.24. The van der Waals surface area contributed by atoms with E-state index >= 15 is 0 Å². The smallest absolute Gasteiger partial charge is 0.310 e. The lowest BCUT2D eigenvalue weighted by atomic mass is 9.99. The molecule has 0 aliphatic carbocycles. The van der Waals surface area contributed by atoms with Crippen molar-refractivity contribution in [2.75, 3.05) is 33.8 Å². The Morgan fingerprint density at radius 3 is 2.84 bits per heavy atom. The minimum Gasteiger partial charge on any atom is -0.469 e. The molecular formula is C17H24BrFIN3O2. The van der Waals surface area contributed by atoms with Gasteiger partial charge in [0.05, 0.1) is 13.0 Å². The molecule has 2 rings (SSSR count). The first-order chi connectivity index (χ1) is 11.5. The summed E-state index contributed by atoms with van der Waals surface area (Å²) < 4.78 is 19.5. The van der Waals surface area contributed by atoms with Crippen molar-refractivity contribution in [1.82, 2.24) is 10.2 Å². The summed E-state index contributed by atoms with van der Waals surface area (Å²) in [4.78, 5) is 18.1. The summed E-state index contributed by atoms with van der Waals surface area (Å²) in [7, 11) is 3.12. The van der Waals surface area contributed by atoms with Crippen LogP contribution >= 0.6 is 39.9 Å². The van der Waals surface area contributed by atoms with Gasteiger partial charge in [-0.3, -0.25) is 9.79 Å². The van der Waals surface area contributed by atoms with Crippen molar-refractivity contribution in [2.45, 2.75) is 13.3 Å². The molecule has 1 aliphatic rings. The summed E-state index contributed by atoms with van der Waals surface area (Å²) in [5, 5.41) is 3.25. The Morgan fingerprint density at radius 1 is 1.48 bits per heavy atom. The van der Waals surface area contributed by atoms with Crippen LogP contribution in [0.1, 0.15) is 12.5 Å². The first-order valence-corrected chi connectivity index (χ1v) is 8.73. The Morgan fingerprint density at radius 2 is 2.20 bits per heavy atom. The highest BCUT2D eigenvalue weighted by atomic mass is 127. The number of benzene rings is 1. The zero-order chi connectivity index (χ0) is 17.7. The monoisotopic (exact) mass is 527 g/mol. The van der Waals surface area contributed by atoms with Gasteiger partial charge in [0.15, 0.2) is 5.96 Å². The standard InChI is InChI=1S/C17H23BrFN3O2.HI/c1-11-9-22(10-14(11)16(23)24-3)17(20-2)21-7-6-12-8-13(18)4-5-15(12)19;/h4-5,8,11,14H,6-7,9-10H2,1-3H3,(H,20,21);1H. The Hall–Kier alpha value is -0.900. The quantitative estimate of drug-likeness (QED) is 0.283. The topological polar surface area (TPSA) is 53.9 Å². The number of aliphatic imine (C=N–C) groups is 1. The molecular weight excluding hydrogens is 504 g/mol. The van der Waals surface area contributed by atoms with Crippen LogP contribution in [0.3, 0.4) is 0 Å². The maximum absolute atomic E-state index is 13.8. The molecule has 8 heteroatoms. The summed E-state index contributed by atoms with van der Waals surface area (Å²) in [6.07, 6.45) is 0.550. The maximum atomic E-state index is 13.8. The molecule has 1 saturated heterocycles. The third-order valence-corrected chi connectivity index (χ3v) is 4.81. The van der Waals surface area contributed by atoms with Crippen LogP contribution in [-0.2, 0) is 16.0 Å². The average Bonchev–Trinajstić information content (AvgIpc) is 2.95. The van der Waals surface area contributed by atoms with E-state index in [2.05, 4.69) is 26.2 Å². The van der Waals surface area contributed by atoms with Gasteiger partial charge in [-0.1, -0.05) is 22.9 Å². The number of likely N-dealkylation sites (tertiary alicyclic amines) is 1. The first-order valence-electron chi connectivity index (χ1n) is 7.93. The fourth-order valence-corrected chi connectivity index (χ4v) is 3.38. The average molecular weight is 528 g/mol. The summed E-state index contributed by atoms with van der Waals surface area (Å²) in [5.74, 6) is 0.394. The number of esters is 1. The van der Waals surface area contributed by atoms with Crippen LogP contribution in [-0.4, -0.2) is 50.6 Å². The first kappa shape index (κ1) is 22.1. The van der Waals surface area contributed by atoms with E-state index in [-0.39, 0.29) is 47.6 Å². The SMILES string of the molecule is CN=C(NCCc1cc(Br)ccc1F)N1CC(C)C(C(=O)OC)C1.I. The van der Waals surface area contributed by atoms with Crippen molar-refractivity contribution in [3.8, 4) is 0 Å². The van der Waals surface area contributed by atoms with E-state index in [1.165, 1.54) is 13.2 Å². The van der Waals surface area contributed by atoms with Gasteiger partial charge in [-0.2, -0.15) is 0 Å². The fourth-order valence-electron chi connectivity index (χ4n) is 2.97. The van der Waals surface area contributed by atoms with Crippen molar-refractivity contribution in [1.29, 1.82) is 0 Å². The summed E-state index contributed by atoms with van der Waals surface area (Å²) in [5.41, 5.74) is 0.648. The molecule has 140 valence electrons. The van der Waals surface area contributed by atoms with Gasteiger partial charge < -0.3 is 15.0 Å². The molecule has 25 heavy (non-hydrogen) atoms. The van der Waals surface area contributed by atoms with Crippen LogP contribution in [0.25, 0.3) is 0 Å². The number of hydrogen-bond donors (Lipinski definition) is 1. The molecule has 0 spiro atoms. The predicted molar refractivity (Wildman–Crippen MR) is 111 cm³/mol. The van der Waals surface area contributed by atoms with Crippen LogP contribution in [0.15, 0.2) is 27.7 Å². The zero-order valence-corrected chi connectivity index (χ0v) is 18.5. The number of guanidine groups is 1. The second kappa shape index (κ2) is 10.3. The molecule has 2 atom stereocenters. The lowest BCUT2D eigenvalue weighted by molar-refractivity contribution is -0.145. The van der Waals surface area contributed by atoms with Gasteiger partial charge in [0.25, 0.3) is 0 Å². The van der Waals surface area contributed by atoms with E-state index in [1.807, 2.05) is 11.8 Å². The van der Waals surface area contributed by atoms with Gasteiger partial charge in [-0.15, -0.1) is 24.0 Å². The second-order valence-electron chi connectivity index (χ2n) is 5.97. The second-order valence-corrected chi connectivity index (χ2v) is 6.89. The molecule has 1 N–H and O–H groups in total. The van der Waals surface area contributed by atoms with Crippen molar-refractivity contribution < 1.29 is 13.9 Å². The molecule has 0 amide bonds. The lowest BCUT2D eigenvalue weighted by Crippen LogP contribution is -2.41. The Kier molecular flexibility index (Phi) is 9.12. The third kappa shape index (κ3) is 5.80. The molecule has 1 aliphatic heterocycles. The largest absolute Gasteiger partial charge is 0.469 e. The van der Waals surface area contributed by atoms with E-state index in [1.54, 1.807) is 19.2 Å². The molecule has 1 fully saturated rings. The van der Waals surface area contributed by atoms with Crippen LogP contribution in [0, 0.1) is 17.7 Å². The van der Waals surface area contributed by atoms with E-state index < -0.39 is 0 Å². The maximum Gasteiger partial charge on any atom is 0.310 e. The van der Waals surface area contributed by atoms with Gasteiger partial charge in [0.2, 0.25) is 0 Å². The Labute approximate surface area is 173 Å². The summed E-state index contributed by atoms with van der Waals surface area (Å²) in [6, 6.07) is 4.92. The molecule has 1 aromatic rings. The number of halogens is 3. The van der Waals surface area contributed by atoms with Crippen LogP contribution in [0.5, 0.6) is 0 Å². The van der Waals surface area contributed by atoms with Gasteiger partial charge in [0, 0.05) is 31.2 Å². The number of methoxy groups -OCH3 is 1. The van der Waals surface area contributed by atoms with Crippen molar-refractivity contribution in [3.63, 3.8) is 0 Å². The third-order valence-electron chi connectivity index (χ3n) is 4.31. The molecule has 1 heterocycles. The summed E-state index contributed by atoms with van der Waals surface area (Å²) in [6.45, 7) is 3.92.